The molecule has 0 bridgehead atoms. The molecule has 0 heterocycles. The van der Waals surface area contributed by atoms with Crippen LogP contribution in [-0.2, 0) is 24.3 Å². The number of sulfonamides is 1. The van der Waals surface area contributed by atoms with E-state index < -0.39 is 46.9 Å². The van der Waals surface area contributed by atoms with E-state index in [1.807, 2.05) is 5.32 Å². The quantitative estimate of drug-likeness (QED) is 0.634. The Morgan fingerprint density at radius 3 is 2.42 bits per heavy atom. The normalized spacial score (nSPS) is 14.0. The van der Waals surface area contributed by atoms with Gasteiger partial charge >= 0.3 is 12.0 Å². The van der Waals surface area contributed by atoms with E-state index in [0.29, 0.717) is 4.31 Å². The van der Waals surface area contributed by atoms with Crippen LogP contribution in [0.2, 0.25) is 0 Å². The fourth-order valence-corrected chi connectivity index (χ4v) is 2.97. The maximum absolute atomic E-state index is 12.9. The molecule has 1 fully saturated rings. The van der Waals surface area contributed by atoms with Gasteiger partial charge in [0, 0.05) is 13.1 Å². The van der Waals surface area contributed by atoms with Gasteiger partial charge < -0.3 is 10.1 Å². The molecule has 1 aromatic rings. The third kappa shape index (κ3) is 5.77. The maximum atomic E-state index is 12.9. The summed E-state index contributed by atoms with van der Waals surface area (Å²) in [4.78, 5) is 34.3. The van der Waals surface area contributed by atoms with E-state index in [0.717, 1.165) is 44.2 Å². The monoisotopic (exact) mass is 387 g/mol. The average Bonchev–Trinajstić information content (AvgIpc) is 3.37. The van der Waals surface area contributed by atoms with Crippen LogP contribution in [0.15, 0.2) is 29.2 Å². The van der Waals surface area contributed by atoms with Crippen molar-refractivity contribution in [3.8, 4) is 0 Å². The van der Waals surface area contributed by atoms with Gasteiger partial charge in [0.25, 0.3) is 5.91 Å². The molecule has 0 unspecified atom stereocenters. The number of hydrogen-bond acceptors (Lipinski definition) is 6. The first-order valence-electron chi connectivity index (χ1n) is 7.66. The Morgan fingerprint density at radius 1 is 1.23 bits per heavy atom. The standard InChI is InChI=1S/C15H18FN3O6S/c1-19(26(23,24)12-6-2-10(16)3-7-12)8-14(21)25-9-13(20)18-15(22)17-11-4-5-11/h2-3,6-7,11H,4-5,8-9H2,1H3,(H2,17,18,20,22). The van der Waals surface area contributed by atoms with E-state index in [-0.39, 0.29) is 10.9 Å². The van der Waals surface area contributed by atoms with Crippen molar-refractivity contribution in [2.45, 2.75) is 23.8 Å². The summed E-state index contributed by atoms with van der Waals surface area (Å²) in [5.74, 6) is -2.40. The zero-order valence-corrected chi connectivity index (χ0v) is 14.7. The molecule has 1 aliphatic rings. The van der Waals surface area contributed by atoms with Crippen LogP contribution < -0.4 is 10.6 Å². The van der Waals surface area contributed by atoms with Crippen molar-refractivity contribution in [1.82, 2.24) is 14.9 Å². The number of carbonyl (C=O) groups excluding carboxylic acids is 3. The van der Waals surface area contributed by atoms with Crippen LogP contribution in [0.4, 0.5) is 9.18 Å². The molecule has 3 amide bonds. The number of halogens is 1. The van der Waals surface area contributed by atoms with E-state index in [2.05, 4.69) is 10.1 Å². The minimum Gasteiger partial charge on any atom is -0.455 e. The number of ether oxygens (including phenoxy) is 1. The molecule has 0 aromatic heterocycles. The first-order chi connectivity index (χ1) is 12.2. The zero-order chi connectivity index (χ0) is 19.3. The van der Waals surface area contributed by atoms with Crippen LogP contribution in [-0.4, -0.2) is 56.9 Å². The van der Waals surface area contributed by atoms with Gasteiger partial charge in [0.05, 0.1) is 4.90 Å². The molecule has 0 radical (unpaired) electrons. The number of nitrogens with one attached hydrogen (secondary N) is 2. The first kappa shape index (κ1) is 19.8. The van der Waals surface area contributed by atoms with E-state index >= 15 is 0 Å². The third-order valence-electron chi connectivity index (χ3n) is 3.40. The second-order valence-electron chi connectivity index (χ2n) is 5.67. The maximum Gasteiger partial charge on any atom is 0.321 e. The first-order valence-corrected chi connectivity index (χ1v) is 9.10. The summed E-state index contributed by atoms with van der Waals surface area (Å²) >= 11 is 0. The van der Waals surface area contributed by atoms with Crippen LogP contribution in [0.5, 0.6) is 0 Å². The second-order valence-corrected chi connectivity index (χ2v) is 7.72. The number of hydrogen-bond donors (Lipinski definition) is 2. The molecule has 11 heteroatoms. The molecule has 26 heavy (non-hydrogen) atoms. The molecule has 2 N–H and O–H groups in total. The lowest BCUT2D eigenvalue weighted by Gasteiger charge is -2.16. The van der Waals surface area contributed by atoms with Crippen molar-refractivity contribution < 1.29 is 31.9 Å². The molecule has 0 saturated heterocycles. The number of imide groups is 1. The van der Waals surface area contributed by atoms with Gasteiger partial charge in [-0.1, -0.05) is 0 Å². The number of carbonyl (C=O) groups is 3. The van der Waals surface area contributed by atoms with Gasteiger partial charge in [-0.05, 0) is 37.1 Å². The highest BCUT2D eigenvalue weighted by atomic mass is 32.2. The Bertz CT molecular complexity index is 792. The molecular weight excluding hydrogens is 369 g/mol. The van der Waals surface area contributed by atoms with Crippen molar-refractivity contribution >= 4 is 27.9 Å². The van der Waals surface area contributed by atoms with E-state index in [1.54, 1.807) is 0 Å². The van der Waals surface area contributed by atoms with Gasteiger partial charge in [-0.25, -0.2) is 17.6 Å². The largest absolute Gasteiger partial charge is 0.455 e. The highest BCUT2D eigenvalue weighted by molar-refractivity contribution is 7.89. The van der Waals surface area contributed by atoms with Crippen LogP contribution in [0.25, 0.3) is 0 Å². The zero-order valence-electron chi connectivity index (χ0n) is 13.9. The number of amides is 3. The number of esters is 1. The van der Waals surface area contributed by atoms with Gasteiger partial charge in [-0.15, -0.1) is 0 Å². The SMILES string of the molecule is CN(CC(=O)OCC(=O)NC(=O)NC1CC1)S(=O)(=O)c1ccc(F)cc1. The molecular formula is C15H18FN3O6S. The van der Waals surface area contributed by atoms with Crippen molar-refractivity contribution in [2.24, 2.45) is 0 Å². The predicted octanol–water partition coefficient (Wildman–Crippen LogP) is -0.0224. The molecule has 1 aromatic carbocycles. The lowest BCUT2D eigenvalue weighted by atomic mass is 10.4. The predicted molar refractivity (Wildman–Crippen MR) is 86.9 cm³/mol. The third-order valence-corrected chi connectivity index (χ3v) is 5.22. The fourth-order valence-electron chi connectivity index (χ4n) is 1.86. The molecule has 0 spiro atoms. The minimum absolute atomic E-state index is 0.0654. The fraction of sp³-hybridized carbons (Fsp3) is 0.400. The summed E-state index contributed by atoms with van der Waals surface area (Å²) in [6, 6.07) is 3.49. The van der Waals surface area contributed by atoms with Gasteiger partial charge in [-0.3, -0.25) is 14.9 Å². The van der Waals surface area contributed by atoms with E-state index in [1.165, 1.54) is 0 Å². The van der Waals surface area contributed by atoms with Gasteiger partial charge in [0.2, 0.25) is 10.0 Å². The molecule has 142 valence electrons. The highest BCUT2D eigenvalue weighted by Gasteiger charge is 2.25. The second kappa shape index (κ2) is 8.23. The number of urea groups is 1. The Kier molecular flexibility index (Phi) is 6.27. The summed E-state index contributed by atoms with van der Waals surface area (Å²) in [5, 5.41) is 4.51. The Balaban J connectivity index is 1.79. The summed E-state index contributed by atoms with van der Waals surface area (Å²) in [7, 11) is -2.87. The molecule has 2 rings (SSSR count). The summed E-state index contributed by atoms with van der Waals surface area (Å²) in [5.41, 5.74) is 0. The topological polar surface area (TPSA) is 122 Å². The van der Waals surface area contributed by atoms with Crippen molar-refractivity contribution in [2.75, 3.05) is 20.2 Å². The molecule has 1 saturated carbocycles. The summed E-state index contributed by atoms with van der Waals surface area (Å²) < 4.78 is 42.7. The van der Waals surface area contributed by atoms with Crippen molar-refractivity contribution in [1.29, 1.82) is 0 Å². The summed E-state index contributed by atoms with van der Waals surface area (Å²) in [6.45, 7) is -1.37. The van der Waals surface area contributed by atoms with Crippen LogP contribution in [0, 0.1) is 5.82 Å². The molecule has 1 aliphatic carbocycles. The number of nitrogens with zero attached hydrogens (tertiary/aromatic N) is 1. The Hall–Kier alpha value is -2.53. The van der Waals surface area contributed by atoms with Crippen LogP contribution in [0.3, 0.4) is 0 Å². The lowest BCUT2D eigenvalue weighted by Crippen LogP contribution is -2.42. The molecule has 9 nitrogen and oxygen atoms in total. The highest BCUT2D eigenvalue weighted by Crippen LogP contribution is 2.18. The Morgan fingerprint density at radius 2 is 1.85 bits per heavy atom. The van der Waals surface area contributed by atoms with Gasteiger partial charge in [0.1, 0.15) is 12.4 Å². The smallest absolute Gasteiger partial charge is 0.321 e. The minimum atomic E-state index is -4.01. The number of likely N-dealkylation sites (N-methyl/N-ethyl adjacent to an activating group) is 1. The van der Waals surface area contributed by atoms with Crippen LogP contribution in [0.1, 0.15) is 12.8 Å². The van der Waals surface area contributed by atoms with E-state index in [4.69, 9.17) is 0 Å². The van der Waals surface area contributed by atoms with Crippen molar-refractivity contribution in [3.63, 3.8) is 0 Å². The lowest BCUT2D eigenvalue weighted by molar-refractivity contribution is -0.148. The average molecular weight is 387 g/mol. The number of benzene rings is 1. The summed E-state index contributed by atoms with van der Waals surface area (Å²) in [6.07, 6.45) is 1.71. The van der Waals surface area contributed by atoms with Crippen molar-refractivity contribution in [3.05, 3.63) is 30.1 Å². The molecule has 0 atom stereocenters. The Labute approximate surface area is 149 Å². The number of rotatable bonds is 7. The van der Waals surface area contributed by atoms with Gasteiger partial charge in [0.15, 0.2) is 6.61 Å². The van der Waals surface area contributed by atoms with E-state index in [9.17, 15) is 27.2 Å². The van der Waals surface area contributed by atoms with Gasteiger partial charge in [-0.2, -0.15) is 4.31 Å². The van der Waals surface area contributed by atoms with Crippen LogP contribution >= 0.6 is 0 Å². The molecule has 0 aliphatic heterocycles.